The van der Waals surface area contributed by atoms with Gasteiger partial charge in [0.2, 0.25) is 0 Å². The third kappa shape index (κ3) is 3.08. The van der Waals surface area contributed by atoms with Crippen LogP contribution in [0.1, 0.15) is 43.4 Å². The average Bonchev–Trinajstić information content (AvgIpc) is 2.39. The van der Waals surface area contributed by atoms with Crippen LogP contribution in [0.2, 0.25) is 0 Å². The molecular weight excluding hydrogens is 210 g/mol. The Hall–Kier alpha value is -0.860. The lowest BCUT2D eigenvalue weighted by Gasteiger charge is -2.35. The lowest BCUT2D eigenvalue weighted by Crippen LogP contribution is -2.40. The van der Waals surface area contributed by atoms with Gasteiger partial charge < -0.3 is 5.11 Å². The van der Waals surface area contributed by atoms with E-state index in [0.717, 1.165) is 18.7 Å². The van der Waals surface area contributed by atoms with Crippen LogP contribution < -0.4 is 0 Å². The highest BCUT2D eigenvalue weighted by Crippen LogP contribution is 2.23. The molecule has 1 aliphatic rings. The molecule has 1 aliphatic heterocycles. The first kappa shape index (κ1) is 12.6. The summed E-state index contributed by atoms with van der Waals surface area (Å²) in [5.41, 5.74) is 2.28. The largest absolute Gasteiger partial charge is 0.387 e. The van der Waals surface area contributed by atoms with Gasteiger partial charge in [-0.2, -0.15) is 0 Å². The van der Waals surface area contributed by atoms with Crippen molar-refractivity contribution in [3.63, 3.8) is 0 Å². The lowest BCUT2D eigenvalue weighted by atomic mass is 9.99. The molecule has 1 aromatic carbocycles. The molecule has 0 saturated carbocycles. The molecule has 1 fully saturated rings. The summed E-state index contributed by atoms with van der Waals surface area (Å²) in [5, 5.41) is 10.4. The zero-order valence-electron chi connectivity index (χ0n) is 10.9. The van der Waals surface area contributed by atoms with Crippen molar-refractivity contribution >= 4 is 0 Å². The van der Waals surface area contributed by atoms with Crippen LogP contribution in [0.4, 0.5) is 0 Å². The van der Waals surface area contributed by atoms with Crippen molar-refractivity contribution in [1.29, 1.82) is 0 Å². The van der Waals surface area contributed by atoms with Gasteiger partial charge in [-0.25, -0.2) is 0 Å². The predicted molar refractivity (Wildman–Crippen MR) is 71.0 cm³/mol. The van der Waals surface area contributed by atoms with Gasteiger partial charge >= 0.3 is 0 Å². The molecule has 2 rings (SSSR count). The molecule has 2 nitrogen and oxygen atoms in total. The van der Waals surface area contributed by atoms with Crippen molar-refractivity contribution < 1.29 is 5.11 Å². The van der Waals surface area contributed by atoms with Crippen molar-refractivity contribution in [2.24, 2.45) is 0 Å². The number of rotatable bonds is 3. The van der Waals surface area contributed by atoms with E-state index in [4.69, 9.17) is 0 Å². The minimum Gasteiger partial charge on any atom is -0.387 e. The van der Waals surface area contributed by atoms with Gasteiger partial charge in [0.15, 0.2) is 0 Å². The van der Waals surface area contributed by atoms with Crippen LogP contribution >= 0.6 is 0 Å². The van der Waals surface area contributed by atoms with Gasteiger partial charge in [0.1, 0.15) is 0 Å². The zero-order chi connectivity index (χ0) is 12.3. The van der Waals surface area contributed by atoms with E-state index in [-0.39, 0.29) is 12.1 Å². The molecule has 1 saturated heterocycles. The maximum absolute atomic E-state index is 10.4. The van der Waals surface area contributed by atoms with Gasteiger partial charge in [0.05, 0.1) is 6.10 Å². The third-order valence-electron chi connectivity index (χ3n) is 3.84. The minimum atomic E-state index is -0.367. The van der Waals surface area contributed by atoms with Crippen molar-refractivity contribution in [3.8, 4) is 0 Å². The summed E-state index contributed by atoms with van der Waals surface area (Å²) in [7, 11) is 0. The van der Waals surface area contributed by atoms with Crippen LogP contribution in [-0.2, 0) is 0 Å². The third-order valence-corrected chi connectivity index (χ3v) is 3.84. The van der Waals surface area contributed by atoms with Crippen molar-refractivity contribution in [3.05, 3.63) is 35.4 Å². The fourth-order valence-corrected chi connectivity index (χ4v) is 2.57. The summed E-state index contributed by atoms with van der Waals surface area (Å²) < 4.78 is 0. The summed E-state index contributed by atoms with van der Waals surface area (Å²) in [6.07, 6.45) is 3.51. The first-order chi connectivity index (χ1) is 8.18. The molecule has 1 heterocycles. The summed E-state index contributed by atoms with van der Waals surface area (Å²) in [5.74, 6) is 0. The first-order valence-electron chi connectivity index (χ1n) is 6.67. The highest BCUT2D eigenvalue weighted by Gasteiger charge is 2.24. The predicted octanol–water partition coefficient (Wildman–Crippen LogP) is 2.90. The Morgan fingerprint density at radius 2 is 1.65 bits per heavy atom. The SMILES string of the molecule is Cc1ccc(C(O)C(C)N2CCCCC2)cc1. The Balaban J connectivity index is 2.02. The molecule has 94 valence electrons. The van der Waals surface area contributed by atoms with Gasteiger partial charge in [0, 0.05) is 6.04 Å². The van der Waals surface area contributed by atoms with E-state index in [9.17, 15) is 5.11 Å². The highest BCUT2D eigenvalue weighted by molar-refractivity contribution is 5.24. The number of nitrogens with zero attached hydrogens (tertiary/aromatic N) is 1. The van der Waals surface area contributed by atoms with E-state index in [1.165, 1.54) is 24.8 Å². The smallest absolute Gasteiger partial charge is 0.0942 e. The Morgan fingerprint density at radius 1 is 1.06 bits per heavy atom. The van der Waals surface area contributed by atoms with Crippen LogP contribution in [0.5, 0.6) is 0 Å². The molecule has 1 N–H and O–H groups in total. The van der Waals surface area contributed by atoms with Crippen molar-refractivity contribution in [1.82, 2.24) is 4.90 Å². The summed E-state index contributed by atoms with van der Waals surface area (Å²) in [6, 6.07) is 8.45. The van der Waals surface area contributed by atoms with E-state index in [1.54, 1.807) is 0 Å². The highest BCUT2D eigenvalue weighted by atomic mass is 16.3. The van der Waals surface area contributed by atoms with Crippen LogP contribution in [-0.4, -0.2) is 29.1 Å². The number of hydrogen-bond donors (Lipinski definition) is 1. The van der Waals surface area contributed by atoms with Gasteiger partial charge in [-0.15, -0.1) is 0 Å². The Bertz CT molecular complexity index is 340. The molecule has 0 aromatic heterocycles. The molecule has 0 bridgehead atoms. The first-order valence-corrected chi connectivity index (χ1v) is 6.67. The van der Waals surface area contributed by atoms with Crippen LogP contribution in [0.15, 0.2) is 24.3 Å². The van der Waals surface area contributed by atoms with E-state index in [0.29, 0.717) is 0 Å². The van der Waals surface area contributed by atoms with Crippen molar-refractivity contribution in [2.75, 3.05) is 13.1 Å². The summed E-state index contributed by atoms with van der Waals surface area (Å²) >= 11 is 0. The second kappa shape index (κ2) is 5.65. The molecule has 1 aromatic rings. The van der Waals surface area contributed by atoms with Gasteiger partial charge in [0.25, 0.3) is 0 Å². The molecule has 0 aliphatic carbocycles. The average molecular weight is 233 g/mol. The number of benzene rings is 1. The number of hydrogen-bond acceptors (Lipinski definition) is 2. The maximum Gasteiger partial charge on any atom is 0.0942 e. The topological polar surface area (TPSA) is 23.5 Å². The van der Waals surface area contributed by atoms with Gasteiger partial charge in [-0.3, -0.25) is 4.90 Å². The number of aliphatic hydroxyl groups excluding tert-OH is 1. The van der Waals surface area contributed by atoms with E-state index in [2.05, 4.69) is 30.9 Å². The molecule has 0 spiro atoms. The second-order valence-electron chi connectivity index (χ2n) is 5.19. The standard InChI is InChI=1S/C15H23NO/c1-12-6-8-14(9-7-12)15(17)13(2)16-10-4-3-5-11-16/h6-9,13,15,17H,3-5,10-11H2,1-2H3. The van der Waals surface area contributed by atoms with E-state index >= 15 is 0 Å². The fourth-order valence-electron chi connectivity index (χ4n) is 2.57. The van der Waals surface area contributed by atoms with Gasteiger partial charge in [-0.1, -0.05) is 36.2 Å². The monoisotopic (exact) mass is 233 g/mol. The zero-order valence-corrected chi connectivity index (χ0v) is 10.9. The van der Waals surface area contributed by atoms with E-state index in [1.807, 2.05) is 12.1 Å². The Morgan fingerprint density at radius 3 is 2.24 bits per heavy atom. The molecule has 0 radical (unpaired) electrons. The molecule has 0 amide bonds. The van der Waals surface area contributed by atoms with Crippen LogP contribution in [0.3, 0.4) is 0 Å². The maximum atomic E-state index is 10.4. The number of likely N-dealkylation sites (tertiary alicyclic amines) is 1. The molecule has 17 heavy (non-hydrogen) atoms. The summed E-state index contributed by atoms with van der Waals surface area (Å²) in [4.78, 5) is 2.41. The van der Waals surface area contributed by atoms with Gasteiger partial charge in [-0.05, 0) is 45.3 Å². The molecular formula is C15H23NO. The number of aliphatic hydroxyl groups is 1. The Kier molecular flexibility index (Phi) is 4.19. The number of aryl methyl sites for hydroxylation is 1. The van der Waals surface area contributed by atoms with Crippen LogP contribution in [0.25, 0.3) is 0 Å². The van der Waals surface area contributed by atoms with E-state index < -0.39 is 0 Å². The molecule has 2 heteroatoms. The molecule has 2 atom stereocenters. The molecule has 2 unspecified atom stereocenters. The Labute approximate surface area is 104 Å². The summed E-state index contributed by atoms with van der Waals surface area (Å²) in [6.45, 7) is 6.47. The van der Waals surface area contributed by atoms with Crippen LogP contribution in [0, 0.1) is 6.92 Å². The lowest BCUT2D eigenvalue weighted by molar-refractivity contribution is 0.0471. The minimum absolute atomic E-state index is 0.220. The van der Waals surface area contributed by atoms with Crippen molar-refractivity contribution in [2.45, 2.75) is 45.3 Å². The second-order valence-corrected chi connectivity index (χ2v) is 5.19. The quantitative estimate of drug-likeness (QED) is 0.867. The number of piperidine rings is 1. The fraction of sp³-hybridized carbons (Fsp3) is 0.600. The normalized spacial score (nSPS) is 21.1.